The Balaban J connectivity index is 2.48. The van der Waals surface area contributed by atoms with Gasteiger partial charge in [0, 0.05) is 12.2 Å². The van der Waals surface area contributed by atoms with E-state index < -0.39 is 0 Å². The highest BCUT2D eigenvalue weighted by atomic mass is 15.3. The smallest absolute Gasteiger partial charge is 0.195 e. The van der Waals surface area contributed by atoms with E-state index in [2.05, 4.69) is 42.8 Å². The summed E-state index contributed by atoms with van der Waals surface area (Å²) in [5.41, 5.74) is 10.9. The van der Waals surface area contributed by atoms with Crippen LogP contribution in [0.4, 0.5) is 5.69 Å². The monoisotopic (exact) mass is 203 g/mol. The molecule has 0 atom stereocenters. The quantitative estimate of drug-likeness (QED) is 0.755. The zero-order valence-electron chi connectivity index (χ0n) is 9.54. The average Bonchev–Trinajstić information content (AvgIpc) is 2.50. The molecule has 1 aromatic rings. The van der Waals surface area contributed by atoms with Gasteiger partial charge in [0.1, 0.15) is 0 Å². The molecule has 0 unspecified atom stereocenters. The van der Waals surface area contributed by atoms with E-state index in [4.69, 9.17) is 5.73 Å². The fourth-order valence-electron chi connectivity index (χ4n) is 2.29. The Morgan fingerprint density at radius 3 is 2.27 bits per heavy atom. The van der Waals surface area contributed by atoms with E-state index in [1.165, 1.54) is 22.4 Å². The molecular weight excluding hydrogens is 186 g/mol. The maximum atomic E-state index is 5.86. The summed E-state index contributed by atoms with van der Waals surface area (Å²) >= 11 is 0. The molecule has 80 valence electrons. The zero-order chi connectivity index (χ0) is 11.0. The molecule has 0 bridgehead atoms. The molecule has 15 heavy (non-hydrogen) atoms. The Hall–Kier alpha value is -1.51. The normalized spacial score (nSPS) is 15.7. The third-order valence-electron chi connectivity index (χ3n) is 2.78. The van der Waals surface area contributed by atoms with Crippen LogP contribution in [0.25, 0.3) is 0 Å². The minimum Gasteiger partial charge on any atom is -0.370 e. The molecule has 1 heterocycles. The van der Waals surface area contributed by atoms with Crippen LogP contribution in [-0.4, -0.2) is 19.0 Å². The number of aryl methyl sites for hydroxylation is 3. The highest BCUT2D eigenvalue weighted by Gasteiger charge is 2.19. The molecular formula is C12H17N3. The van der Waals surface area contributed by atoms with Crippen molar-refractivity contribution in [1.82, 2.24) is 0 Å². The number of hydrogen-bond acceptors (Lipinski definition) is 3. The molecule has 1 aliphatic heterocycles. The van der Waals surface area contributed by atoms with Gasteiger partial charge in [-0.15, -0.1) is 0 Å². The Morgan fingerprint density at radius 2 is 1.80 bits per heavy atom. The van der Waals surface area contributed by atoms with Gasteiger partial charge in [-0.1, -0.05) is 17.7 Å². The van der Waals surface area contributed by atoms with Crippen molar-refractivity contribution in [2.75, 3.05) is 18.0 Å². The number of guanidine groups is 1. The molecule has 0 fully saturated rings. The van der Waals surface area contributed by atoms with Gasteiger partial charge in [0.05, 0.1) is 6.54 Å². The highest BCUT2D eigenvalue weighted by molar-refractivity contribution is 5.97. The number of nitrogens with zero attached hydrogens (tertiary/aromatic N) is 2. The summed E-state index contributed by atoms with van der Waals surface area (Å²) in [4.78, 5) is 6.32. The Bertz CT molecular complexity index is 398. The predicted molar refractivity (Wildman–Crippen MR) is 64.5 cm³/mol. The number of hydrogen-bond donors (Lipinski definition) is 1. The third kappa shape index (κ3) is 1.69. The lowest BCUT2D eigenvalue weighted by Gasteiger charge is -2.22. The number of nitrogens with two attached hydrogens (primary N) is 1. The van der Waals surface area contributed by atoms with E-state index in [1.54, 1.807) is 0 Å². The van der Waals surface area contributed by atoms with Gasteiger partial charge in [0.15, 0.2) is 5.96 Å². The largest absolute Gasteiger partial charge is 0.370 e. The minimum atomic E-state index is 0.644. The van der Waals surface area contributed by atoms with Crippen LogP contribution >= 0.6 is 0 Å². The van der Waals surface area contributed by atoms with E-state index in [0.29, 0.717) is 5.96 Å². The second-order valence-electron chi connectivity index (χ2n) is 4.14. The molecule has 3 heteroatoms. The molecule has 2 N–H and O–H groups in total. The molecule has 2 rings (SSSR count). The van der Waals surface area contributed by atoms with Crippen LogP contribution in [0.2, 0.25) is 0 Å². The predicted octanol–water partition coefficient (Wildman–Crippen LogP) is 1.75. The molecule has 3 nitrogen and oxygen atoms in total. The van der Waals surface area contributed by atoms with Gasteiger partial charge in [-0.05, 0) is 31.9 Å². The van der Waals surface area contributed by atoms with Crippen molar-refractivity contribution < 1.29 is 0 Å². The van der Waals surface area contributed by atoms with Crippen molar-refractivity contribution in [2.24, 2.45) is 10.7 Å². The van der Waals surface area contributed by atoms with Crippen LogP contribution in [0, 0.1) is 20.8 Å². The first-order valence-corrected chi connectivity index (χ1v) is 5.25. The number of aliphatic imine (C=N–C) groups is 1. The van der Waals surface area contributed by atoms with Gasteiger partial charge in [-0.3, -0.25) is 4.99 Å². The Labute approximate surface area is 90.6 Å². The lowest BCUT2D eigenvalue weighted by molar-refractivity contribution is 1.01. The summed E-state index contributed by atoms with van der Waals surface area (Å²) in [7, 11) is 0. The third-order valence-corrected chi connectivity index (χ3v) is 2.78. The topological polar surface area (TPSA) is 41.6 Å². The fraction of sp³-hybridized carbons (Fsp3) is 0.417. The van der Waals surface area contributed by atoms with Crippen LogP contribution in [0.3, 0.4) is 0 Å². The zero-order valence-corrected chi connectivity index (χ0v) is 9.54. The van der Waals surface area contributed by atoms with Gasteiger partial charge in [0.25, 0.3) is 0 Å². The molecule has 0 saturated carbocycles. The van der Waals surface area contributed by atoms with E-state index in [0.717, 1.165) is 13.1 Å². The van der Waals surface area contributed by atoms with Crippen molar-refractivity contribution in [2.45, 2.75) is 20.8 Å². The van der Waals surface area contributed by atoms with Crippen LogP contribution in [0.1, 0.15) is 16.7 Å². The average molecular weight is 203 g/mol. The van der Waals surface area contributed by atoms with Crippen molar-refractivity contribution in [3.8, 4) is 0 Å². The van der Waals surface area contributed by atoms with Gasteiger partial charge < -0.3 is 10.6 Å². The van der Waals surface area contributed by atoms with Gasteiger partial charge in [-0.25, -0.2) is 0 Å². The Morgan fingerprint density at radius 1 is 1.20 bits per heavy atom. The molecule has 0 aliphatic carbocycles. The fourth-order valence-corrected chi connectivity index (χ4v) is 2.29. The maximum absolute atomic E-state index is 5.86. The first-order valence-electron chi connectivity index (χ1n) is 5.25. The SMILES string of the molecule is Cc1cc(C)c(N2CCN=C2N)c(C)c1. The standard InChI is InChI=1S/C12H17N3/c1-8-6-9(2)11(10(3)7-8)15-5-4-14-12(15)13/h6-7H,4-5H2,1-3H3,(H2,13,14). The minimum absolute atomic E-state index is 0.644. The molecule has 1 aromatic carbocycles. The second kappa shape index (κ2) is 3.57. The number of benzene rings is 1. The first kappa shape index (κ1) is 10.0. The number of anilines is 1. The molecule has 0 spiro atoms. The van der Waals surface area contributed by atoms with Gasteiger partial charge >= 0.3 is 0 Å². The summed E-state index contributed by atoms with van der Waals surface area (Å²) in [5, 5.41) is 0. The molecule has 0 saturated heterocycles. The van der Waals surface area contributed by atoms with E-state index >= 15 is 0 Å². The van der Waals surface area contributed by atoms with Crippen molar-refractivity contribution in [3.05, 3.63) is 28.8 Å². The van der Waals surface area contributed by atoms with Crippen LogP contribution in [-0.2, 0) is 0 Å². The molecule has 0 amide bonds. The van der Waals surface area contributed by atoms with E-state index in [9.17, 15) is 0 Å². The summed E-state index contributed by atoms with van der Waals surface area (Å²) in [6.45, 7) is 8.07. The summed E-state index contributed by atoms with van der Waals surface area (Å²) in [6, 6.07) is 4.38. The lowest BCUT2D eigenvalue weighted by Crippen LogP contribution is -2.34. The van der Waals surface area contributed by atoms with Crippen molar-refractivity contribution >= 4 is 11.6 Å². The second-order valence-corrected chi connectivity index (χ2v) is 4.14. The van der Waals surface area contributed by atoms with Gasteiger partial charge in [0.2, 0.25) is 0 Å². The van der Waals surface area contributed by atoms with E-state index in [1.807, 2.05) is 0 Å². The van der Waals surface area contributed by atoms with Crippen molar-refractivity contribution in [1.29, 1.82) is 0 Å². The molecule has 0 radical (unpaired) electrons. The first-order chi connectivity index (χ1) is 7.09. The maximum Gasteiger partial charge on any atom is 0.195 e. The Kier molecular flexibility index (Phi) is 2.39. The van der Waals surface area contributed by atoms with Crippen LogP contribution in [0.5, 0.6) is 0 Å². The summed E-state index contributed by atoms with van der Waals surface area (Å²) < 4.78 is 0. The van der Waals surface area contributed by atoms with Crippen LogP contribution in [0.15, 0.2) is 17.1 Å². The number of rotatable bonds is 1. The molecule has 1 aliphatic rings. The lowest BCUT2D eigenvalue weighted by atomic mass is 10.0. The van der Waals surface area contributed by atoms with Gasteiger partial charge in [-0.2, -0.15) is 0 Å². The molecule has 0 aromatic heterocycles. The van der Waals surface area contributed by atoms with Crippen LogP contribution < -0.4 is 10.6 Å². The van der Waals surface area contributed by atoms with E-state index in [-0.39, 0.29) is 0 Å². The highest BCUT2D eigenvalue weighted by Crippen LogP contribution is 2.27. The summed E-state index contributed by atoms with van der Waals surface area (Å²) in [5.74, 6) is 0.644. The summed E-state index contributed by atoms with van der Waals surface area (Å²) in [6.07, 6.45) is 0. The van der Waals surface area contributed by atoms with Crippen molar-refractivity contribution in [3.63, 3.8) is 0 Å².